The van der Waals surface area contributed by atoms with Crippen molar-refractivity contribution in [3.8, 4) is 17.6 Å². The van der Waals surface area contributed by atoms with Crippen LogP contribution in [0.3, 0.4) is 0 Å². The molecule has 1 heterocycles. The van der Waals surface area contributed by atoms with Crippen LogP contribution in [0.5, 0.6) is 11.5 Å². The number of nitriles is 1. The van der Waals surface area contributed by atoms with Gasteiger partial charge in [0.15, 0.2) is 0 Å². The van der Waals surface area contributed by atoms with Gasteiger partial charge in [-0.1, -0.05) is 84.3 Å². The van der Waals surface area contributed by atoms with Crippen LogP contribution < -0.4 is 21.1 Å². The Morgan fingerprint density at radius 1 is 0.656 bits per heavy atom. The summed E-state index contributed by atoms with van der Waals surface area (Å²) < 4.78 is 6.58. The summed E-state index contributed by atoms with van der Waals surface area (Å²) in [5.41, 5.74) is 4.33. The minimum Gasteiger partial charge on any atom is -0.458 e. The van der Waals surface area contributed by atoms with Gasteiger partial charge in [-0.3, -0.25) is 0 Å². The lowest BCUT2D eigenvalue weighted by atomic mass is 9.35. The maximum Gasteiger partial charge on any atom is 0.251 e. The molecule has 0 radical (unpaired) electrons. The predicted molar refractivity (Wildman–Crippen MR) is 132 cm³/mol. The number of rotatable bonds is 1. The first kappa shape index (κ1) is 17.4. The van der Waals surface area contributed by atoms with Crippen molar-refractivity contribution < 1.29 is 4.74 Å². The lowest BCUT2D eigenvalue weighted by Crippen LogP contribution is -2.54. The molecule has 0 spiro atoms. The van der Waals surface area contributed by atoms with Gasteiger partial charge in [0.25, 0.3) is 6.71 Å². The number of ether oxygens (including phenoxy) is 1. The van der Waals surface area contributed by atoms with Crippen molar-refractivity contribution in [3.63, 3.8) is 0 Å². The Kier molecular flexibility index (Phi) is 3.46. The third-order valence-corrected chi connectivity index (χ3v) is 6.77. The molecular weight excluding hydrogens is 389 g/mol. The second-order valence-electron chi connectivity index (χ2n) is 8.43. The van der Waals surface area contributed by atoms with E-state index in [0.29, 0.717) is 5.56 Å². The molecule has 2 nitrogen and oxygen atoms in total. The van der Waals surface area contributed by atoms with Gasteiger partial charge < -0.3 is 4.74 Å². The molecule has 0 N–H and O–H groups in total. The number of nitrogens with zero attached hydrogens (tertiary/aromatic N) is 1. The SMILES string of the molecule is N#Cc1ccc2ccc3c4c(cc5ccc1c2c53)B(c1ccccc1)c1ccccc1O4. The highest BCUT2D eigenvalue weighted by molar-refractivity contribution is 6.97. The van der Waals surface area contributed by atoms with Crippen molar-refractivity contribution in [2.24, 2.45) is 0 Å². The molecule has 0 amide bonds. The fraction of sp³-hybridized carbons (Fsp3) is 0. The highest BCUT2D eigenvalue weighted by atomic mass is 16.5. The smallest absolute Gasteiger partial charge is 0.251 e. The molecule has 0 aliphatic carbocycles. The molecule has 32 heavy (non-hydrogen) atoms. The zero-order chi connectivity index (χ0) is 21.2. The van der Waals surface area contributed by atoms with Gasteiger partial charge in [-0.05, 0) is 45.3 Å². The van der Waals surface area contributed by atoms with Gasteiger partial charge in [0.1, 0.15) is 11.5 Å². The van der Waals surface area contributed by atoms with Crippen molar-refractivity contribution in [2.75, 3.05) is 0 Å². The molecule has 0 fully saturated rings. The van der Waals surface area contributed by atoms with E-state index in [1.807, 2.05) is 18.2 Å². The lowest BCUT2D eigenvalue weighted by Gasteiger charge is -2.28. The maximum absolute atomic E-state index is 9.66. The Labute approximate surface area is 185 Å². The van der Waals surface area contributed by atoms with Crippen LogP contribution in [-0.4, -0.2) is 6.71 Å². The molecule has 6 aromatic carbocycles. The first-order valence-electron chi connectivity index (χ1n) is 10.8. The summed E-state index contributed by atoms with van der Waals surface area (Å²) in [5.74, 6) is 1.82. The van der Waals surface area contributed by atoms with E-state index in [4.69, 9.17) is 4.74 Å². The molecule has 1 aliphatic heterocycles. The Morgan fingerprint density at radius 2 is 1.38 bits per heavy atom. The highest BCUT2D eigenvalue weighted by Crippen LogP contribution is 2.41. The summed E-state index contributed by atoms with van der Waals surface area (Å²) >= 11 is 0. The molecule has 0 saturated carbocycles. The van der Waals surface area contributed by atoms with Crippen molar-refractivity contribution in [1.29, 1.82) is 5.26 Å². The van der Waals surface area contributed by atoms with Crippen molar-refractivity contribution >= 4 is 55.4 Å². The number of hydrogen-bond acceptors (Lipinski definition) is 2. The average molecular weight is 405 g/mol. The second-order valence-corrected chi connectivity index (χ2v) is 8.43. The van der Waals surface area contributed by atoms with E-state index in [1.54, 1.807) is 0 Å². The van der Waals surface area contributed by atoms with Gasteiger partial charge in [0.05, 0.1) is 11.6 Å². The van der Waals surface area contributed by atoms with Gasteiger partial charge in [0.2, 0.25) is 0 Å². The van der Waals surface area contributed by atoms with Gasteiger partial charge in [-0.15, -0.1) is 0 Å². The lowest BCUT2D eigenvalue weighted by molar-refractivity contribution is 0.493. The Morgan fingerprint density at radius 3 is 2.25 bits per heavy atom. The number of benzene rings is 6. The van der Waals surface area contributed by atoms with Crippen LogP contribution >= 0.6 is 0 Å². The maximum atomic E-state index is 9.66. The normalized spacial score (nSPS) is 12.5. The van der Waals surface area contributed by atoms with E-state index in [1.165, 1.54) is 27.2 Å². The Balaban J connectivity index is 1.63. The third-order valence-electron chi connectivity index (χ3n) is 6.77. The van der Waals surface area contributed by atoms with Gasteiger partial charge in [-0.2, -0.15) is 5.26 Å². The summed E-state index contributed by atoms with van der Waals surface area (Å²) in [6.07, 6.45) is 0. The van der Waals surface area contributed by atoms with Crippen LogP contribution in [0.1, 0.15) is 5.56 Å². The second kappa shape index (κ2) is 6.36. The van der Waals surface area contributed by atoms with Gasteiger partial charge in [0, 0.05) is 16.2 Å². The van der Waals surface area contributed by atoms with E-state index in [0.717, 1.165) is 33.0 Å². The van der Waals surface area contributed by atoms with E-state index in [2.05, 4.69) is 84.9 Å². The number of fused-ring (bicyclic) bond motifs is 3. The van der Waals surface area contributed by atoms with Crippen LogP contribution in [0.4, 0.5) is 0 Å². The topological polar surface area (TPSA) is 33.0 Å². The average Bonchev–Trinajstić information content (AvgIpc) is 2.86. The molecular formula is C29H16BNO. The molecule has 0 unspecified atom stereocenters. The van der Waals surface area contributed by atoms with Crippen LogP contribution in [0.25, 0.3) is 32.3 Å². The van der Waals surface area contributed by atoms with Crippen LogP contribution in [0.15, 0.2) is 97.1 Å². The van der Waals surface area contributed by atoms with Gasteiger partial charge >= 0.3 is 0 Å². The van der Waals surface area contributed by atoms with E-state index in [9.17, 15) is 5.26 Å². The summed E-state index contributed by atoms with van der Waals surface area (Å²) in [6, 6.07) is 36.1. The number of para-hydroxylation sites is 1. The first-order valence-corrected chi connectivity index (χ1v) is 10.8. The molecule has 0 atom stereocenters. The van der Waals surface area contributed by atoms with E-state index in [-0.39, 0.29) is 6.71 Å². The van der Waals surface area contributed by atoms with Crippen molar-refractivity contribution in [2.45, 2.75) is 0 Å². The Bertz CT molecular complexity index is 1720. The van der Waals surface area contributed by atoms with Crippen molar-refractivity contribution in [3.05, 3.63) is 103 Å². The van der Waals surface area contributed by atoms with E-state index >= 15 is 0 Å². The molecule has 0 aromatic heterocycles. The Hall–Kier alpha value is -4.29. The molecule has 6 aromatic rings. The van der Waals surface area contributed by atoms with Crippen LogP contribution in [0, 0.1) is 11.3 Å². The summed E-state index contributed by atoms with van der Waals surface area (Å²) in [6.45, 7) is 0.104. The molecule has 1 aliphatic rings. The highest BCUT2D eigenvalue weighted by Gasteiger charge is 2.33. The molecule has 7 rings (SSSR count). The predicted octanol–water partition coefficient (Wildman–Crippen LogP) is 5.08. The van der Waals surface area contributed by atoms with Gasteiger partial charge in [-0.25, -0.2) is 0 Å². The standard InChI is InChI=1S/C29H16BNO/c31-17-20-11-10-18-12-15-23-28-19(13-14-22(20)27(18)28)16-25-29(23)32-26-9-5-4-8-24(26)30(25)21-6-2-1-3-7-21/h1-16H. The van der Waals surface area contributed by atoms with E-state index < -0.39 is 0 Å². The first-order chi connectivity index (χ1) is 15.8. The summed E-state index contributed by atoms with van der Waals surface area (Å²) in [7, 11) is 0. The molecule has 0 bridgehead atoms. The quantitative estimate of drug-likeness (QED) is 0.282. The van der Waals surface area contributed by atoms with Crippen LogP contribution in [-0.2, 0) is 0 Å². The minimum atomic E-state index is 0.104. The minimum absolute atomic E-state index is 0.104. The summed E-state index contributed by atoms with van der Waals surface area (Å²) in [5, 5.41) is 16.4. The van der Waals surface area contributed by atoms with Crippen LogP contribution in [0.2, 0.25) is 0 Å². The molecule has 3 heteroatoms. The fourth-order valence-corrected chi connectivity index (χ4v) is 5.39. The monoisotopic (exact) mass is 405 g/mol. The zero-order valence-electron chi connectivity index (χ0n) is 17.2. The molecule has 146 valence electrons. The van der Waals surface area contributed by atoms with Crippen molar-refractivity contribution in [1.82, 2.24) is 0 Å². The fourth-order valence-electron chi connectivity index (χ4n) is 5.39. The number of hydrogen-bond donors (Lipinski definition) is 0. The third kappa shape index (κ3) is 2.24. The molecule has 0 saturated heterocycles. The largest absolute Gasteiger partial charge is 0.458 e. The summed E-state index contributed by atoms with van der Waals surface area (Å²) in [4.78, 5) is 0. The zero-order valence-corrected chi connectivity index (χ0v) is 17.2.